The van der Waals surface area contributed by atoms with Gasteiger partial charge in [-0.1, -0.05) is 20.4 Å². The van der Waals surface area contributed by atoms with Crippen LogP contribution >= 0.6 is 11.6 Å². The van der Waals surface area contributed by atoms with Gasteiger partial charge in [-0.15, -0.1) is 0 Å². The van der Waals surface area contributed by atoms with E-state index in [1.807, 2.05) is 13.8 Å². The molecule has 0 rings (SSSR count). The van der Waals surface area contributed by atoms with Gasteiger partial charge in [0.15, 0.2) is 0 Å². The van der Waals surface area contributed by atoms with Crippen molar-refractivity contribution in [3.63, 3.8) is 0 Å². The Kier molecular flexibility index (Phi) is 4.12. The van der Waals surface area contributed by atoms with Crippen LogP contribution in [0.1, 0.15) is 20.3 Å². The molecule has 0 aromatic heterocycles. The fourth-order valence-electron chi connectivity index (χ4n) is 0.431. The molecule has 0 spiro atoms. The van der Waals surface area contributed by atoms with Gasteiger partial charge < -0.3 is 4.74 Å². The number of hydrogen-bond donors (Lipinski definition) is 0. The average molecular weight is 163 g/mol. The molecule has 0 heterocycles. The van der Waals surface area contributed by atoms with Crippen LogP contribution in [0, 0.1) is 5.92 Å². The van der Waals surface area contributed by atoms with E-state index in [1.165, 1.54) is 0 Å². The first-order chi connectivity index (χ1) is 4.57. The van der Waals surface area contributed by atoms with E-state index in [1.54, 1.807) is 0 Å². The Hall–Kier alpha value is -0.500. The van der Waals surface area contributed by atoms with Crippen LogP contribution in [0.25, 0.3) is 0 Å². The Morgan fingerprint density at radius 3 is 2.60 bits per heavy atom. The van der Waals surface area contributed by atoms with Crippen LogP contribution in [0.4, 0.5) is 4.79 Å². The van der Waals surface area contributed by atoms with Crippen LogP contribution in [-0.2, 0) is 4.74 Å². The van der Waals surface area contributed by atoms with Gasteiger partial charge in [-0.2, -0.15) is 0 Å². The van der Waals surface area contributed by atoms with Crippen molar-refractivity contribution in [3.05, 3.63) is 12.3 Å². The molecule has 0 N–H and O–H groups in total. The molecule has 0 aliphatic heterocycles. The number of hydrogen-bond acceptors (Lipinski definition) is 2. The fourth-order valence-corrected chi connectivity index (χ4v) is 0.530. The standard InChI is InChI=1S/C7H11ClO2/c1-4-5(2)6(3)10-7(8)9/h5H,3-4H2,1-2H3. The summed E-state index contributed by atoms with van der Waals surface area (Å²) in [6, 6.07) is 0. The third-order valence-corrected chi connectivity index (χ3v) is 1.45. The summed E-state index contributed by atoms with van der Waals surface area (Å²) in [7, 11) is 0. The Bertz CT molecular complexity index is 143. The van der Waals surface area contributed by atoms with E-state index in [-0.39, 0.29) is 5.92 Å². The Balaban J connectivity index is 3.73. The maximum atomic E-state index is 10.2. The summed E-state index contributed by atoms with van der Waals surface area (Å²) < 4.78 is 4.53. The van der Waals surface area contributed by atoms with Crippen molar-refractivity contribution in [3.8, 4) is 0 Å². The molecule has 0 saturated heterocycles. The van der Waals surface area contributed by atoms with Crippen LogP contribution in [0.5, 0.6) is 0 Å². The highest BCUT2D eigenvalue weighted by Crippen LogP contribution is 2.14. The van der Waals surface area contributed by atoms with Gasteiger partial charge in [-0.25, -0.2) is 4.79 Å². The second-order valence-corrected chi connectivity index (χ2v) is 2.42. The van der Waals surface area contributed by atoms with E-state index in [2.05, 4.69) is 11.3 Å². The van der Waals surface area contributed by atoms with Crippen molar-refractivity contribution in [2.75, 3.05) is 0 Å². The van der Waals surface area contributed by atoms with E-state index in [9.17, 15) is 4.79 Å². The molecule has 0 aromatic rings. The molecule has 1 unspecified atom stereocenters. The van der Waals surface area contributed by atoms with Gasteiger partial charge in [-0.05, 0) is 6.42 Å². The van der Waals surface area contributed by atoms with Crippen molar-refractivity contribution >= 4 is 17.0 Å². The predicted octanol–water partition coefficient (Wildman–Crippen LogP) is 2.92. The van der Waals surface area contributed by atoms with E-state index >= 15 is 0 Å². The van der Waals surface area contributed by atoms with Gasteiger partial charge in [0.05, 0.1) is 0 Å². The quantitative estimate of drug-likeness (QED) is 0.471. The minimum Gasteiger partial charge on any atom is -0.419 e. The van der Waals surface area contributed by atoms with Crippen molar-refractivity contribution in [1.29, 1.82) is 0 Å². The lowest BCUT2D eigenvalue weighted by molar-refractivity contribution is 0.192. The summed E-state index contributed by atoms with van der Waals surface area (Å²) in [4.78, 5) is 10.2. The third-order valence-electron chi connectivity index (χ3n) is 1.37. The molecule has 0 aliphatic rings. The molecule has 0 aromatic carbocycles. The fraction of sp³-hybridized carbons (Fsp3) is 0.571. The van der Waals surface area contributed by atoms with Crippen molar-refractivity contribution in [2.45, 2.75) is 20.3 Å². The first-order valence-electron chi connectivity index (χ1n) is 3.14. The normalized spacial score (nSPS) is 12.3. The molecule has 58 valence electrons. The summed E-state index contributed by atoms with van der Waals surface area (Å²) in [5, 5.41) is 0. The maximum Gasteiger partial charge on any atom is 0.408 e. The highest BCUT2D eigenvalue weighted by molar-refractivity contribution is 6.61. The molecule has 3 heteroatoms. The van der Waals surface area contributed by atoms with Crippen molar-refractivity contribution < 1.29 is 9.53 Å². The lowest BCUT2D eigenvalue weighted by Gasteiger charge is -2.09. The highest BCUT2D eigenvalue weighted by Gasteiger charge is 2.07. The minimum absolute atomic E-state index is 0.183. The van der Waals surface area contributed by atoms with Gasteiger partial charge in [0.1, 0.15) is 5.76 Å². The lowest BCUT2D eigenvalue weighted by Crippen LogP contribution is -2.02. The molecule has 0 radical (unpaired) electrons. The number of carbonyl (C=O) groups is 1. The van der Waals surface area contributed by atoms with Crippen molar-refractivity contribution in [1.82, 2.24) is 0 Å². The molecule has 0 bridgehead atoms. The van der Waals surface area contributed by atoms with Gasteiger partial charge in [0.25, 0.3) is 0 Å². The van der Waals surface area contributed by atoms with Crippen LogP contribution in [0.2, 0.25) is 0 Å². The first kappa shape index (κ1) is 9.50. The largest absolute Gasteiger partial charge is 0.419 e. The number of allylic oxidation sites excluding steroid dienone is 1. The van der Waals surface area contributed by atoms with Crippen molar-refractivity contribution in [2.24, 2.45) is 5.92 Å². The van der Waals surface area contributed by atoms with Gasteiger partial charge >= 0.3 is 5.43 Å². The van der Waals surface area contributed by atoms with Gasteiger partial charge in [0.2, 0.25) is 0 Å². The number of ether oxygens (including phenoxy) is 1. The second-order valence-electron chi connectivity index (χ2n) is 2.12. The SMILES string of the molecule is C=C(OC(=O)Cl)C(C)CC. The lowest BCUT2D eigenvalue weighted by atomic mass is 10.1. The zero-order valence-corrected chi connectivity index (χ0v) is 6.94. The van der Waals surface area contributed by atoms with E-state index in [4.69, 9.17) is 11.6 Å². The Morgan fingerprint density at radius 2 is 2.30 bits per heavy atom. The molecule has 0 amide bonds. The summed E-state index contributed by atoms with van der Waals surface area (Å²) in [5.74, 6) is 0.616. The van der Waals surface area contributed by atoms with E-state index < -0.39 is 5.43 Å². The van der Waals surface area contributed by atoms with Gasteiger partial charge in [0, 0.05) is 17.5 Å². The zero-order valence-electron chi connectivity index (χ0n) is 6.19. The van der Waals surface area contributed by atoms with Crippen LogP contribution in [0.15, 0.2) is 12.3 Å². The summed E-state index contributed by atoms with van der Waals surface area (Å²) in [6.07, 6.45) is 0.892. The monoisotopic (exact) mass is 162 g/mol. The van der Waals surface area contributed by atoms with Crippen LogP contribution in [0.3, 0.4) is 0 Å². The zero-order chi connectivity index (χ0) is 8.15. The van der Waals surface area contributed by atoms with E-state index in [0.717, 1.165) is 6.42 Å². The van der Waals surface area contributed by atoms with Crippen LogP contribution < -0.4 is 0 Å². The number of halogens is 1. The molecule has 2 nitrogen and oxygen atoms in total. The minimum atomic E-state index is -0.815. The Morgan fingerprint density at radius 1 is 1.80 bits per heavy atom. The third kappa shape index (κ3) is 3.51. The summed E-state index contributed by atoms with van der Waals surface area (Å²) in [6.45, 7) is 7.44. The molecule has 0 saturated carbocycles. The summed E-state index contributed by atoms with van der Waals surface area (Å²) >= 11 is 4.95. The topological polar surface area (TPSA) is 26.3 Å². The summed E-state index contributed by atoms with van der Waals surface area (Å²) in [5.41, 5.74) is -0.815. The number of rotatable bonds is 3. The average Bonchev–Trinajstić information content (AvgIpc) is 1.85. The number of carbonyl (C=O) groups excluding carboxylic acids is 1. The molecule has 10 heavy (non-hydrogen) atoms. The molecular formula is C7H11ClO2. The highest BCUT2D eigenvalue weighted by atomic mass is 35.5. The van der Waals surface area contributed by atoms with Gasteiger partial charge in [-0.3, -0.25) is 0 Å². The Labute approximate surface area is 65.8 Å². The van der Waals surface area contributed by atoms with Crippen LogP contribution in [-0.4, -0.2) is 5.43 Å². The molecule has 0 aliphatic carbocycles. The molecule has 1 atom stereocenters. The maximum absolute atomic E-state index is 10.2. The molecule has 0 fully saturated rings. The first-order valence-corrected chi connectivity index (χ1v) is 3.51. The molecular weight excluding hydrogens is 152 g/mol. The smallest absolute Gasteiger partial charge is 0.408 e. The predicted molar refractivity (Wildman–Crippen MR) is 40.9 cm³/mol. The second kappa shape index (κ2) is 4.34. The van der Waals surface area contributed by atoms with E-state index in [0.29, 0.717) is 5.76 Å².